The third-order valence-electron chi connectivity index (χ3n) is 3.89. The normalized spacial score (nSPS) is 11.8. The predicted octanol–water partition coefficient (Wildman–Crippen LogP) is 2.79. The molecule has 136 valence electrons. The van der Waals surface area contributed by atoms with E-state index in [-0.39, 0.29) is 21.0 Å². The summed E-state index contributed by atoms with van der Waals surface area (Å²) in [4.78, 5) is 27.3. The Morgan fingerprint density at radius 3 is 2.04 bits per heavy atom. The van der Waals surface area contributed by atoms with Crippen LogP contribution < -0.4 is 15.8 Å². The fraction of sp³-hybridized carbons (Fsp3) is 0.176. The van der Waals surface area contributed by atoms with Gasteiger partial charge in [0.1, 0.15) is 4.90 Å². The molecule has 0 fully saturated rings. The van der Waals surface area contributed by atoms with Crippen molar-refractivity contribution in [3.63, 3.8) is 0 Å². The van der Waals surface area contributed by atoms with Crippen molar-refractivity contribution in [2.24, 2.45) is 0 Å². The number of fused-ring (bicyclic) bond motifs is 1. The number of halogens is 1. The molecule has 0 radical (unpaired) electrons. The zero-order chi connectivity index (χ0) is 19.1. The van der Waals surface area contributed by atoms with Crippen LogP contribution in [0.2, 0.25) is 5.02 Å². The number of H-pyrrole nitrogens is 2. The molecule has 0 aliphatic carbocycles. The fourth-order valence-corrected chi connectivity index (χ4v) is 4.08. The molecule has 0 aliphatic rings. The van der Waals surface area contributed by atoms with Crippen LogP contribution in [0.15, 0.2) is 50.9 Å². The van der Waals surface area contributed by atoms with Crippen LogP contribution in [0.4, 0.5) is 5.69 Å². The van der Waals surface area contributed by atoms with Gasteiger partial charge in [-0.3, -0.25) is 14.3 Å². The van der Waals surface area contributed by atoms with Gasteiger partial charge in [0.05, 0.1) is 16.1 Å². The van der Waals surface area contributed by atoms with Crippen LogP contribution >= 0.6 is 11.6 Å². The summed E-state index contributed by atoms with van der Waals surface area (Å²) < 4.78 is 27.8. The van der Waals surface area contributed by atoms with Crippen LogP contribution in [-0.4, -0.2) is 18.4 Å². The standard InChI is InChI=1S/C17H16ClN3O4S/c1-9(2)10-3-5-11(6-4-10)21-26(24,25)15-8-14-13(7-12(15)18)19-16(22)17(23)20-14/h3-9,21H,1-2H3,(H,19,22)(H,20,23). The Kier molecular flexibility index (Phi) is 4.64. The van der Waals surface area contributed by atoms with E-state index in [1.165, 1.54) is 12.1 Å². The van der Waals surface area contributed by atoms with E-state index < -0.39 is 21.1 Å². The predicted molar refractivity (Wildman–Crippen MR) is 102 cm³/mol. The van der Waals surface area contributed by atoms with Crippen molar-refractivity contribution in [3.05, 3.63) is 67.7 Å². The van der Waals surface area contributed by atoms with Crippen LogP contribution in [0.1, 0.15) is 25.3 Å². The maximum absolute atomic E-state index is 12.7. The van der Waals surface area contributed by atoms with Crippen molar-refractivity contribution in [2.75, 3.05) is 4.72 Å². The van der Waals surface area contributed by atoms with Gasteiger partial charge in [0, 0.05) is 5.69 Å². The highest BCUT2D eigenvalue weighted by atomic mass is 35.5. The Morgan fingerprint density at radius 1 is 0.962 bits per heavy atom. The van der Waals surface area contributed by atoms with Crippen LogP contribution in [0.3, 0.4) is 0 Å². The molecule has 9 heteroatoms. The lowest BCUT2D eigenvalue weighted by Gasteiger charge is -2.12. The summed E-state index contributed by atoms with van der Waals surface area (Å²) in [5, 5.41) is -0.0773. The molecule has 0 saturated carbocycles. The molecule has 0 atom stereocenters. The lowest BCUT2D eigenvalue weighted by Crippen LogP contribution is -2.29. The van der Waals surface area contributed by atoms with E-state index in [2.05, 4.69) is 14.7 Å². The molecule has 3 rings (SSSR count). The largest absolute Gasteiger partial charge is 0.316 e. The monoisotopic (exact) mass is 393 g/mol. The minimum absolute atomic E-state index is 0.0773. The number of aromatic amines is 2. The number of sulfonamides is 1. The maximum Gasteiger partial charge on any atom is 0.314 e. The molecule has 2 aromatic carbocycles. The van der Waals surface area contributed by atoms with Gasteiger partial charge in [-0.2, -0.15) is 0 Å². The fourth-order valence-electron chi connectivity index (χ4n) is 2.47. The van der Waals surface area contributed by atoms with Gasteiger partial charge in [0.2, 0.25) is 0 Å². The van der Waals surface area contributed by atoms with Crippen molar-refractivity contribution in [2.45, 2.75) is 24.7 Å². The number of benzene rings is 2. The van der Waals surface area contributed by atoms with E-state index in [1.54, 1.807) is 12.1 Å². The maximum atomic E-state index is 12.7. The SMILES string of the molecule is CC(C)c1ccc(NS(=O)(=O)c2cc3[nH]c(=O)c(=O)[nH]c3cc2Cl)cc1. The summed E-state index contributed by atoms with van der Waals surface area (Å²) >= 11 is 6.08. The number of anilines is 1. The number of hydrogen-bond acceptors (Lipinski definition) is 4. The molecule has 1 aromatic heterocycles. The Balaban J connectivity index is 2.03. The Bertz CT molecular complexity index is 1200. The van der Waals surface area contributed by atoms with E-state index in [9.17, 15) is 18.0 Å². The number of rotatable bonds is 4. The number of nitrogens with one attached hydrogen (secondary N) is 3. The van der Waals surface area contributed by atoms with Gasteiger partial charge < -0.3 is 9.97 Å². The van der Waals surface area contributed by atoms with Crippen LogP contribution in [-0.2, 0) is 10.0 Å². The molecule has 7 nitrogen and oxygen atoms in total. The van der Waals surface area contributed by atoms with E-state index in [1.807, 2.05) is 26.0 Å². The zero-order valence-electron chi connectivity index (χ0n) is 14.0. The molecule has 0 saturated heterocycles. The van der Waals surface area contributed by atoms with Gasteiger partial charge in [0.25, 0.3) is 10.0 Å². The third-order valence-corrected chi connectivity index (χ3v) is 5.74. The zero-order valence-corrected chi connectivity index (χ0v) is 15.5. The van der Waals surface area contributed by atoms with Gasteiger partial charge in [-0.1, -0.05) is 37.6 Å². The highest BCUT2D eigenvalue weighted by Gasteiger charge is 2.20. The summed E-state index contributed by atoms with van der Waals surface area (Å²) in [5.41, 5.74) is 0.154. The van der Waals surface area contributed by atoms with Crippen molar-refractivity contribution in [1.29, 1.82) is 0 Å². The van der Waals surface area contributed by atoms with Gasteiger partial charge >= 0.3 is 11.1 Å². The first-order valence-corrected chi connectivity index (χ1v) is 9.62. The lowest BCUT2D eigenvalue weighted by molar-refractivity contribution is 0.601. The average molecular weight is 394 g/mol. The quantitative estimate of drug-likeness (QED) is 0.591. The average Bonchev–Trinajstić information content (AvgIpc) is 2.56. The second-order valence-electron chi connectivity index (χ2n) is 6.12. The van der Waals surface area contributed by atoms with E-state index >= 15 is 0 Å². The first-order chi connectivity index (χ1) is 12.2. The van der Waals surface area contributed by atoms with Gasteiger partial charge in [0.15, 0.2) is 0 Å². The number of aromatic nitrogens is 2. The second-order valence-corrected chi connectivity index (χ2v) is 8.18. The summed E-state index contributed by atoms with van der Waals surface area (Å²) in [6.45, 7) is 4.08. The smallest absolute Gasteiger partial charge is 0.314 e. The topological polar surface area (TPSA) is 112 Å². The first-order valence-electron chi connectivity index (χ1n) is 7.76. The highest BCUT2D eigenvalue weighted by Crippen LogP contribution is 2.27. The second kappa shape index (κ2) is 6.62. The highest BCUT2D eigenvalue weighted by molar-refractivity contribution is 7.92. The summed E-state index contributed by atoms with van der Waals surface area (Å²) in [5.74, 6) is 0.328. The summed E-state index contributed by atoms with van der Waals surface area (Å²) in [6, 6.07) is 9.51. The van der Waals surface area contributed by atoms with E-state index in [0.717, 1.165) is 5.56 Å². The molecule has 3 aromatic rings. The molecule has 0 amide bonds. The molecule has 0 bridgehead atoms. The molecule has 0 unspecified atom stereocenters. The van der Waals surface area contributed by atoms with Gasteiger partial charge in [-0.05, 0) is 35.7 Å². The summed E-state index contributed by atoms with van der Waals surface area (Å²) in [7, 11) is -3.99. The minimum atomic E-state index is -3.99. The first kappa shape index (κ1) is 18.2. The van der Waals surface area contributed by atoms with Crippen LogP contribution in [0.5, 0.6) is 0 Å². The molecule has 1 heterocycles. The number of hydrogen-bond donors (Lipinski definition) is 3. The van der Waals surface area contributed by atoms with Gasteiger partial charge in [-0.25, -0.2) is 8.42 Å². The van der Waals surface area contributed by atoms with E-state index in [0.29, 0.717) is 11.6 Å². The third kappa shape index (κ3) is 3.51. The molecule has 26 heavy (non-hydrogen) atoms. The Labute approximate surface area is 154 Å². The minimum Gasteiger partial charge on any atom is -0.316 e. The van der Waals surface area contributed by atoms with Gasteiger partial charge in [-0.15, -0.1) is 0 Å². The molecule has 0 spiro atoms. The molecular weight excluding hydrogens is 378 g/mol. The van der Waals surface area contributed by atoms with Crippen molar-refractivity contribution < 1.29 is 8.42 Å². The molecular formula is C17H16ClN3O4S. The summed E-state index contributed by atoms with van der Waals surface area (Å²) in [6.07, 6.45) is 0. The lowest BCUT2D eigenvalue weighted by atomic mass is 10.0. The van der Waals surface area contributed by atoms with Crippen LogP contribution in [0.25, 0.3) is 11.0 Å². The Hall–Kier alpha value is -2.58. The van der Waals surface area contributed by atoms with Crippen molar-refractivity contribution in [3.8, 4) is 0 Å². The van der Waals surface area contributed by atoms with E-state index in [4.69, 9.17) is 11.6 Å². The molecule has 3 N–H and O–H groups in total. The van der Waals surface area contributed by atoms with Crippen molar-refractivity contribution >= 4 is 38.3 Å². The Morgan fingerprint density at radius 2 is 1.50 bits per heavy atom. The molecule has 0 aliphatic heterocycles. The van der Waals surface area contributed by atoms with Crippen molar-refractivity contribution in [1.82, 2.24) is 9.97 Å². The van der Waals surface area contributed by atoms with Crippen LogP contribution in [0, 0.1) is 0 Å².